The molecule has 2 aromatic rings. The number of carboxylic acid groups (broad SMARTS) is 2. The first-order valence-corrected chi connectivity index (χ1v) is 12.5. The smallest absolute Gasteiger partial charge is 0.340 e. The fourth-order valence-corrected chi connectivity index (χ4v) is 3.90. The van der Waals surface area contributed by atoms with Crippen LogP contribution in [0, 0.1) is 0 Å². The summed E-state index contributed by atoms with van der Waals surface area (Å²) in [4.78, 5) is 45.4. The van der Waals surface area contributed by atoms with Gasteiger partial charge in [0.05, 0.1) is 32.3 Å². The first-order chi connectivity index (χ1) is 16.2. The van der Waals surface area contributed by atoms with Gasteiger partial charge in [-0.3, -0.25) is 0 Å². The number of carbonyl (C=O) groups excluding carboxylic acids is 2. The van der Waals surface area contributed by atoms with Crippen molar-refractivity contribution < 1.29 is 38.9 Å². The van der Waals surface area contributed by atoms with E-state index in [1.807, 2.05) is 0 Å². The molecule has 0 aliphatic heterocycles. The summed E-state index contributed by atoms with van der Waals surface area (Å²) in [6.45, 7) is 10.6. The lowest BCUT2D eigenvalue weighted by molar-refractivity contribution is 0.00511. The van der Waals surface area contributed by atoms with Crippen molar-refractivity contribution in [2.45, 2.75) is 52.7 Å². The molecule has 0 saturated carbocycles. The molecule has 0 saturated heterocycles. The number of aromatic carboxylic acids is 2. The third kappa shape index (κ3) is 9.72. The second-order valence-corrected chi connectivity index (χ2v) is 11.8. The Morgan fingerprint density at radius 1 is 0.639 bits per heavy atom. The zero-order chi connectivity index (χ0) is 28.2. The van der Waals surface area contributed by atoms with Gasteiger partial charge in [0.2, 0.25) is 0 Å². The molecule has 0 atom stereocenters. The lowest BCUT2D eigenvalue weighted by Gasteiger charge is -2.21. The van der Waals surface area contributed by atoms with Crippen LogP contribution in [0.2, 0.25) is 10.0 Å². The molecule has 0 unspecified atom stereocenters. The summed E-state index contributed by atoms with van der Waals surface area (Å²) in [5.41, 5.74) is -1.00. The van der Waals surface area contributed by atoms with Crippen LogP contribution in [0.15, 0.2) is 33.2 Å². The summed E-state index contributed by atoms with van der Waals surface area (Å²) in [6.07, 6.45) is 0. The van der Waals surface area contributed by atoms with E-state index in [0.717, 1.165) is 12.1 Å². The minimum Gasteiger partial charge on any atom is -0.478 e. The normalized spacial score (nSPS) is 11.2. The van der Waals surface area contributed by atoms with Gasteiger partial charge in [-0.1, -0.05) is 23.2 Å². The third-order valence-corrected chi connectivity index (χ3v) is 5.75. The maximum atomic E-state index is 12.1. The monoisotopic (exact) mass is 668 g/mol. The Balaban J connectivity index is 0.000000397. The summed E-state index contributed by atoms with van der Waals surface area (Å²) >= 11 is 17.9. The molecular formula is C24H24Br2Cl2O8. The number of esters is 2. The number of rotatable bonds is 4. The van der Waals surface area contributed by atoms with Crippen LogP contribution in [0.5, 0.6) is 0 Å². The molecule has 0 bridgehead atoms. The van der Waals surface area contributed by atoms with E-state index in [-0.39, 0.29) is 36.8 Å². The van der Waals surface area contributed by atoms with Crippen molar-refractivity contribution in [3.05, 3.63) is 65.5 Å². The molecule has 36 heavy (non-hydrogen) atoms. The van der Waals surface area contributed by atoms with Crippen LogP contribution in [0.4, 0.5) is 0 Å². The molecule has 0 aliphatic carbocycles. The maximum absolute atomic E-state index is 12.1. The van der Waals surface area contributed by atoms with Crippen LogP contribution >= 0.6 is 55.1 Å². The van der Waals surface area contributed by atoms with Gasteiger partial charge in [-0.15, -0.1) is 0 Å². The minimum absolute atomic E-state index is 0.0694. The predicted octanol–water partition coefficient (Wildman–Crippen LogP) is 7.51. The Labute approximate surface area is 235 Å². The van der Waals surface area contributed by atoms with Crippen LogP contribution in [-0.4, -0.2) is 45.3 Å². The first kappa shape index (κ1) is 31.9. The average Bonchev–Trinajstić information content (AvgIpc) is 2.68. The van der Waals surface area contributed by atoms with E-state index < -0.39 is 35.1 Å². The molecule has 0 heterocycles. The number of carbonyl (C=O) groups is 4. The molecule has 12 heteroatoms. The Morgan fingerprint density at radius 2 is 0.972 bits per heavy atom. The van der Waals surface area contributed by atoms with Crippen molar-refractivity contribution >= 4 is 78.9 Å². The summed E-state index contributed by atoms with van der Waals surface area (Å²) in [5.74, 6) is -3.44. The van der Waals surface area contributed by atoms with Gasteiger partial charge in [0.1, 0.15) is 11.2 Å². The zero-order valence-electron chi connectivity index (χ0n) is 20.2. The van der Waals surface area contributed by atoms with Crippen LogP contribution < -0.4 is 0 Å². The number of carboxylic acids is 2. The van der Waals surface area contributed by atoms with Gasteiger partial charge in [0.15, 0.2) is 0 Å². The molecule has 0 aromatic heterocycles. The number of hydrogen-bond donors (Lipinski definition) is 2. The van der Waals surface area contributed by atoms with Crippen molar-refractivity contribution in [2.75, 3.05) is 0 Å². The molecular weight excluding hydrogens is 647 g/mol. The second kappa shape index (κ2) is 12.4. The topological polar surface area (TPSA) is 127 Å². The van der Waals surface area contributed by atoms with Crippen molar-refractivity contribution in [1.29, 1.82) is 0 Å². The fourth-order valence-electron chi connectivity index (χ4n) is 2.40. The Morgan fingerprint density at radius 3 is 1.39 bits per heavy atom. The molecule has 0 aliphatic rings. The van der Waals surface area contributed by atoms with Gasteiger partial charge < -0.3 is 19.7 Å². The van der Waals surface area contributed by atoms with E-state index in [9.17, 15) is 19.2 Å². The summed E-state index contributed by atoms with van der Waals surface area (Å²) in [6, 6.07) is 5.13. The highest BCUT2D eigenvalue weighted by molar-refractivity contribution is 9.10. The Bertz CT molecular complexity index is 1100. The van der Waals surface area contributed by atoms with Crippen molar-refractivity contribution in [1.82, 2.24) is 0 Å². The molecule has 2 rings (SSSR count). The molecule has 0 amide bonds. The maximum Gasteiger partial charge on any atom is 0.340 e. The summed E-state index contributed by atoms with van der Waals surface area (Å²) in [5, 5.41) is 17.4. The predicted molar refractivity (Wildman–Crippen MR) is 143 cm³/mol. The highest BCUT2D eigenvalue weighted by Gasteiger charge is 2.25. The van der Waals surface area contributed by atoms with Crippen molar-refractivity contribution in [2.24, 2.45) is 0 Å². The number of hydrogen-bond acceptors (Lipinski definition) is 6. The largest absolute Gasteiger partial charge is 0.478 e. The van der Waals surface area contributed by atoms with Gasteiger partial charge in [-0.05, 0) is 97.7 Å². The molecule has 196 valence electrons. The van der Waals surface area contributed by atoms with Gasteiger partial charge >= 0.3 is 23.9 Å². The lowest BCUT2D eigenvalue weighted by atomic mass is 10.1. The van der Waals surface area contributed by atoms with Gasteiger partial charge in [0, 0.05) is 8.95 Å². The van der Waals surface area contributed by atoms with E-state index in [1.165, 1.54) is 12.1 Å². The molecule has 2 N–H and O–H groups in total. The van der Waals surface area contributed by atoms with Crippen molar-refractivity contribution in [3.63, 3.8) is 0 Å². The molecule has 2 aromatic carbocycles. The molecule has 0 spiro atoms. The third-order valence-electron chi connectivity index (χ3n) is 3.81. The molecule has 0 fully saturated rings. The van der Waals surface area contributed by atoms with E-state index in [1.54, 1.807) is 41.5 Å². The summed E-state index contributed by atoms with van der Waals surface area (Å²) in [7, 11) is 0. The second-order valence-electron chi connectivity index (χ2n) is 9.24. The average molecular weight is 671 g/mol. The van der Waals surface area contributed by atoms with Gasteiger partial charge in [-0.25, -0.2) is 19.2 Å². The van der Waals surface area contributed by atoms with Crippen LogP contribution in [-0.2, 0) is 9.47 Å². The standard InChI is InChI=1S/C16H20BrClO4.C8H4BrClO4/c1-15(2,3)21-13(19)9-8-12(18)10(7-11(9)17)14(20)22-16(4,5)6;9-5-1-4(8(13)14)6(10)2-3(5)7(11)12/h7-8H,1-6H3;1-2H,(H,11,12)(H,13,14). The SMILES string of the molecule is CC(C)(C)OC(=O)c1cc(Br)c(C(=O)OC(C)(C)C)cc1Cl.O=C(O)c1cc(Br)c(C(=O)O)cc1Cl. The van der Waals surface area contributed by atoms with E-state index in [0.29, 0.717) is 4.47 Å². The van der Waals surface area contributed by atoms with Gasteiger partial charge in [-0.2, -0.15) is 0 Å². The van der Waals surface area contributed by atoms with E-state index in [4.69, 9.17) is 42.9 Å². The van der Waals surface area contributed by atoms with Crippen molar-refractivity contribution in [3.8, 4) is 0 Å². The van der Waals surface area contributed by atoms with E-state index >= 15 is 0 Å². The Hall–Kier alpha value is -2.14. The quantitative estimate of drug-likeness (QED) is 0.320. The lowest BCUT2D eigenvalue weighted by Crippen LogP contribution is -2.25. The minimum atomic E-state index is -1.20. The first-order valence-electron chi connectivity index (χ1n) is 10.1. The molecule has 0 radical (unpaired) electrons. The number of halogens is 4. The van der Waals surface area contributed by atoms with Gasteiger partial charge in [0.25, 0.3) is 0 Å². The van der Waals surface area contributed by atoms with Crippen LogP contribution in [0.3, 0.4) is 0 Å². The highest BCUT2D eigenvalue weighted by atomic mass is 79.9. The van der Waals surface area contributed by atoms with Crippen LogP contribution in [0.1, 0.15) is 83.0 Å². The highest BCUT2D eigenvalue weighted by Crippen LogP contribution is 2.29. The fraction of sp³-hybridized carbons (Fsp3) is 0.333. The van der Waals surface area contributed by atoms with Crippen LogP contribution in [0.25, 0.3) is 0 Å². The van der Waals surface area contributed by atoms with E-state index in [2.05, 4.69) is 31.9 Å². The zero-order valence-corrected chi connectivity index (χ0v) is 24.8. The number of ether oxygens (including phenoxy) is 2. The molecule has 8 nitrogen and oxygen atoms in total. The Kier molecular flexibility index (Phi) is 11.0. The summed E-state index contributed by atoms with van der Waals surface area (Å²) < 4.78 is 11.2. The number of benzene rings is 2.